The maximum Gasteiger partial charge on any atom is 0.134 e. The van der Waals surface area contributed by atoms with Crippen LogP contribution in [-0.4, -0.2) is 5.11 Å². The normalized spacial score (nSPS) is 18.6. The first-order chi connectivity index (χ1) is 7.09. The number of phenols is 1. The second kappa shape index (κ2) is 4.32. The van der Waals surface area contributed by atoms with Gasteiger partial charge in [-0.15, -0.1) is 0 Å². The van der Waals surface area contributed by atoms with Gasteiger partial charge in [0.2, 0.25) is 0 Å². The quantitative estimate of drug-likeness (QED) is 0.874. The van der Waals surface area contributed by atoms with Crippen molar-refractivity contribution < 1.29 is 5.11 Å². The molecule has 2 rings (SSSR count). The van der Waals surface area contributed by atoms with Gasteiger partial charge in [0.05, 0.1) is 4.47 Å². The standard InChI is InChI=1S/C11H13BrClNO/c12-9-5-7(13)4-8(11(9)15)10(14)6-2-1-3-6/h4-6,10,15H,1-3,14H2/t10-/m0/s1. The third-order valence-electron chi connectivity index (χ3n) is 3.07. The fourth-order valence-electron chi connectivity index (χ4n) is 1.89. The molecule has 0 unspecified atom stereocenters. The van der Waals surface area contributed by atoms with Gasteiger partial charge in [-0.2, -0.15) is 0 Å². The summed E-state index contributed by atoms with van der Waals surface area (Å²) < 4.78 is 0.611. The third-order valence-corrected chi connectivity index (χ3v) is 3.90. The Hall–Kier alpha value is -0.250. The van der Waals surface area contributed by atoms with Gasteiger partial charge >= 0.3 is 0 Å². The fourth-order valence-corrected chi connectivity index (χ4v) is 2.73. The molecule has 0 aromatic heterocycles. The van der Waals surface area contributed by atoms with Crippen LogP contribution in [0.5, 0.6) is 5.75 Å². The molecule has 0 amide bonds. The maximum absolute atomic E-state index is 9.88. The lowest BCUT2D eigenvalue weighted by Gasteiger charge is -2.32. The van der Waals surface area contributed by atoms with Crippen molar-refractivity contribution >= 4 is 27.5 Å². The van der Waals surface area contributed by atoms with Crippen molar-refractivity contribution in [2.45, 2.75) is 25.3 Å². The van der Waals surface area contributed by atoms with E-state index < -0.39 is 0 Å². The molecule has 1 saturated carbocycles. The maximum atomic E-state index is 9.88. The highest BCUT2D eigenvalue weighted by Crippen LogP contribution is 2.42. The Morgan fingerprint density at radius 1 is 1.47 bits per heavy atom. The molecule has 15 heavy (non-hydrogen) atoms. The van der Waals surface area contributed by atoms with E-state index in [0.29, 0.717) is 15.4 Å². The summed E-state index contributed by atoms with van der Waals surface area (Å²) >= 11 is 9.20. The van der Waals surface area contributed by atoms with Crippen molar-refractivity contribution in [2.75, 3.05) is 0 Å². The van der Waals surface area contributed by atoms with E-state index in [9.17, 15) is 5.11 Å². The van der Waals surface area contributed by atoms with Crippen LogP contribution in [0.2, 0.25) is 5.02 Å². The lowest BCUT2D eigenvalue weighted by Crippen LogP contribution is -2.26. The van der Waals surface area contributed by atoms with Crippen molar-refractivity contribution in [3.05, 3.63) is 27.2 Å². The number of phenolic OH excluding ortho intramolecular Hbond substituents is 1. The minimum atomic E-state index is -0.103. The highest BCUT2D eigenvalue weighted by molar-refractivity contribution is 9.10. The zero-order chi connectivity index (χ0) is 11.0. The SMILES string of the molecule is N[C@H](c1cc(Cl)cc(Br)c1O)C1CCC1. The van der Waals surface area contributed by atoms with Gasteiger partial charge in [0.25, 0.3) is 0 Å². The number of hydrogen-bond acceptors (Lipinski definition) is 2. The minimum Gasteiger partial charge on any atom is -0.506 e. The Kier molecular flexibility index (Phi) is 3.24. The zero-order valence-corrected chi connectivity index (χ0v) is 10.6. The van der Waals surface area contributed by atoms with Gasteiger partial charge in [0, 0.05) is 16.6 Å². The summed E-state index contributed by atoms with van der Waals surface area (Å²) in [4.78, 5) is 0. The van der Waals surface area contributed by atoms with Crippen LogP contribution in [0.25, 0.3) is 0 Å². The van der Waals surface area contributed by atoms with Crippen LogP contribution in [0.1, 0.15) is 30.9 Å². The molecular weight excluding hydrogens is 277 g/mol. The van der Waals surface area contributed by atoms with Crippen molar-refractivity contribution in [3.63, 3.8) is 0 Å². The first kappa shape index (κ1) is 11.2. The van der Waals surface area contributed by atoms with Gasteiger partial charge in [-0.1, -0.05) is 18.0 Å². The highest BCUT2D eigenvalue weighted by Gasteiger charge is 2.28. The summed E-state index contributed by atoms with van der Waals surface area (Å²) in [7, 11) is 0. The smallest absolute Gasteiger partial charge is 0.134 e. The lowest BCUT2D eigenvalue weighted by atomic mass is 9.77. The number of hydrogen-bond donors (Lipinski definition) is 2. The molecule has 1 aliphatic rings. The molecule has 4 heteroatoms. The van der Waals surface area contributed by atoms with E-state index >= 15 is 0 Å². The Morgan fingerprint density at radius 3 is 2.67 bits per heavy atom. The Morgan fingerprint density at radius 2 is 2.13 bits per heavy atom. The van der Waals surface area contributed by atoms with Crippen LogP contribution in [0.4, 0.5) is 0 Å². The van der Waals surface area contributed by atoms with Crippen molar-refractivity contribution in [1.29, 1.82) is 0 Å². The van der Waals surface area contributed by atoms with Gasteiger partial charge in [-0.3, -0.25) is 0 Å². The molecule has 1 aromatic rings. The first-order valence-electron chi connectivity index (χ1n) is 5.03. The summed E-state index contributed by atoms with van der Waals surface area (Å²) in [5.41, 5.74) is 6.85. The molecule has 0 spiro atoms. The molecule has 0 aliphatic heterocycles. The largest absolute Gasteiger partial charge is 0.506 e. The van der Waals surface area contributed by atoms with Gasteiger partial charge in [0.15, 0.2) is 0 Å². The van der Waals surface area contributed by atoms with Crippen molar-refractivity contribution in [3.8, 4) is 5.75 Å². The van der Waals surface area contributed by atoms with Gasteiger partial charge in [-0.05, 0) is 46.8 Å². The average Bonchev–Trinajstić information content (AvgIpc) is 2.08. The molecule has 82 valence electrons. The molecule has 3 N–H and O–H groups in total. The van der Waals surface area contributed by atoms with E-state index in [1.807, 2.05) is 0 Å². The second-order valence-corrected chi connectivity index (χ2v) is 5.33. The van der Waals surface area contributed by atoms with Crippen molar-refractivity contribution in [2.24, 2.45) is 11.7 Å². The molecule has 1 atom stereocenters. The summed E-state index contributed by atoms with van der Waals surface area (Å²) in [5, 5.41) is 10.5. The highest BCUT2D eigenvalue weighted by atomic mass is 79.9. The van der Waals surface area contributed by atoms with E-state index in [0.717, 1.165) is 18.4 Å². The summed E-state index contributed by atoms with van der Waals surface area (Å²) in [5.74, 6) is 0.708. The van der Waals surface area contributed by atoms with Gasteiger partial charge in [-0.25, -0.2) is 0 Å². The molecule has 0 saturated heterocycles. The number of rotatable bonds is 2. The summed E-state index contributed by atoms with van der Waals surface area (Å²) in [6.07, 6.45) is 3.52. The Balaban J connectivity index is 2.33. The zero-order valence-electron chi connectivity index (χ0n) is 8.21. The number of nitrogens with two attached hydrogens (primary N) is 1. The molecule has 1 fully saturated rings. The van der Waals surface area contributed by atoms with Crippen LogP contribution >= 0.6 is 27.5 Å². The van der Waals surface area contributed by atoms with E-state index in [-0.39, 0.29) is 11.8 Å². The Labute approximate surface area is 103 Å². The van der Waals surface area contributed by atoms with E-state index in [2.05, 4.69) is 15.9 Å². The van der Waals surface area contributed by atoms with Crippen LogP contribution < -0.4 is 5.73 Å². The number of benzene rings is 1. The number of aromatic hydroxyl groups is 1. The van der Waals surface area contributed by atoms with Crippen LogP contribution in [0.15, 0.2) is 16.6 Å². The van der Waals surface area contributed by atoms with Gasteiger partial charge < -0.3 is 10.8 Å². The predicted octanol–water partition coefficient (Wildman–Crippen LogP) is 3.61. The third kappa shape index (κ3) is 2.14. The van der Waals surface area contributed by atoms with Gasteiger partial charge in [0.1, 0.15) is 5.75 Å². The molecule has 0 radical (unpaired) electrons. The second-order valence-electron chi connectivity index (χ2n) is 4.04. The Bertz CT molecular complexity index is 379. The van der Waals surface area contributed by atoms with E-state index in [1.165, 1.54) is 6.42 Å². The average molecular weight is 291 g/mol. The summed E-state index contributed by atoms with van der Waals surface area (Å²) in [6.45, 7) is 0. The fraction of sp³-hybridized carbons (Fsp3) is 0.455. The summed E-state index contributed by atoms with van der Waals surface area (Å²) in [6, 6.07) is 3.33. The van der Waals surface area contributed by atoms with Crippen LogP contribution in [0.3, 0.4) is 0 Å². The molecule has 1 aliphatic carbocycles. The van der Waals surface area contributed by atoms with Crippen LogP contribution in [0, 0.1) is 5.92 Å². The molecular formula is C11H13BrClNO. The molecule has 0 heterocycles. The molecule has 1 aromatic carbocycles. The van der Waals surface area contributed by atoms with E-state index in [1.54, 1.807) is 12.1 Å². The lowest BCUT2D eigenvalue weighted by molar-refractivity contribution is 0.260. The monoisotopic (exact) mass is 289 g/mol. The van der Waals surface area contributed by atoms with Crippen molar-refractivity contribution in [1.82, 2.24) is 0 Å². The van der Waals surface area contributed by atoms with Crippen LogP contribution in [-0.2, 0) is 0 Å². The number of halogens is 2. The predicted molar refractivity (Wildman–Crippen MR) is 65.1 cm³/mol. The topological polar surface area (TPSA) is 46.2 Å². The first-order valence-corrected chi connectivity index (χ1v) is 6.20. The minimum absolute atomic E-state index is 0.103. The molecule has 0 bridgehead atoms. The van der Waals surface area contributed by atoms with E-state index in [4.69, 9.17) is 17.3 Å². The molecule has 2 nitrogen and oxygen atoms in total.